The van der Waals surface area contributed by atoms with Crippen molar-refractivity contribution in [2.24, 2.45) is 13.0 Å². The van der Waals surface area contributed by atoms with E-state index >= 15 is 0 Å². The van der Waals surface area contributed by atoms with E-state index in [-0.39, 0.29) is 30.4 Å². The number of carbonyl (C=O) groups excluding carboxylic acids is 1. The van der Waals surface area contributed by atoms with E-state index in [1.807, 2.05) is 36.2 Å². The highest BCUT2D eigenvalue weighted by Crippen LogP contribution is 2.50. The minimum absolute atomic E-state index is 0.0197. The lowest BCUT2D eigenvalue weighted by Crippen LogP contribution is -2.67. The van der Waals surface area contributed by atoms with Crippen LogP contribution in [0.25, 0.3) is 10.9 Å². The van der Waals surface area contributed by atoms with Gasteiger partial charge in [0.2, 0.25) is 5.91 Å². The van der Waals surface area contributed by atoms with Crippen molar-refractivity contribution in [1.82, 2.24) is 19.4 Å². The van der Waals surface area contributed by atoms with Crippen LogP contribution in [0.15, 0.2) is 42.6 Å². The number of hydrogen-bond acceptors (Lipinski definition) is 5. The lowest BCUT2D eigenvalue weighted by atomic mass is 9.68. The molecule has 34 heavy (non-hydrogen) atoms. The molecule has 1 aromatic carbocycles. The number of aliphatic hydroxyl groups excluding tert-OH is 1. The third-order valence-electron chi connectivity index (χ3n) is 7.97. The van der Waals surface area contributed by atoms with E-state index in [1.165, 1.54) is 23.8 Å². The second-order valence-electron chi connectivity index (χ2n) is 10.3. The zero-order valence-electron chi connectivity index (χ0n) is 19.9. The molecule has 3 aromatic rings. The van der Waals surface area contributed by atoms with Gasteiger partial charge in [-0.25, -0.2) is 0 Å². The average molecular weight is 461 g/mol. The number of likely N-dealkylation sites (tertiary alicyclic amines) is 1. The first-order valence-electron chi connectivity index (χ1n) is 12.2. The number of ether oxygens (including phenoxy) is 1. The van der Waals surface area contributed by atoms with Gasteiger partial charge >= 0.3 is 0 Å². The summed E-state index contributed by atoms with van der Waals surface area (Å²) in [6.45, 7) is 3.58. The Morgan fingerprint density at radius 1 is 1.21 bits per heavy atom. The van der Waals surface area contributed by atoms with Gasteiger partial charge < -0.3 is 24.2 Å². The van der Waals surface area contributed by atoms with Crippen LogP contribution in [-0.4, -0.2) is 70.3 Å². The molecule has 1 amide bonds. The predicted octanol–water partition coefficient (Wildman–Crippen LogP) is 2.66. The summed E-state index contributed by atoms with van der Waals surface area (Å²) in [6, 6.07) is 11.5. The Hall–Kier alpha value is -2.90. The molecule has 1 N–H and O–H groups in total. The Balaban J connectivity index is 1.43. The number of benzene rings is 1. The van der Waals surface area contributed by atoms with Gasteiger partial charge in [0, 0.05) is 67.7 Å². The van der Waals surface area contributed by atoms with E-state index in [0.29, 0.717) is 6.54 Å². The summed E-state index contributed by atoms with van der Waals surface area (Å²) in [5.74, 6) is 1.67. The molecule has 1 saturated heterocycles. The van der Waals surface area contributed by atoms with Gasteiger partial charge in [-0.2, -0.15) is 0 Å². The Labute approximate surface area is 199 Å². The van der Waals surface area contributed by atoms with Crippen LogP contribution in [0.4, 0.5) is 0 Å². The predicted molar refractivity (Wildman–Crippen MR) is 130 cm³/mol. The van der Waals surface area contributed by atoms with E-state index in [2.05, 4.69) is 26.6 Å². The third kappa shape index (κ3) is 3.41. The number of aliphatic hydroxyl groups is 1. The van der Waals surface area contributed by atoms with E-state index in [4.69, 9.17) is 4.74 Å². The molecule has 7 heteroatoms. The molecule has 0 unspecified atom stereocenters. The van der Waals surface area contributed by atoms with E-state index in [9.17, 15) is 9.90 Å². The monoisotopic (exact) mass is 460 g/mol. The number of pyridine rings is 1. The fraction of sp³-hybridized carbons (Fsp3) is 0.481. The number of amides is 1. The van der Waals surface area contributed by atoms with Crippen LogP contribution in [0.1, 0.15) is 35.8 Å². The fourth-order valence-corrected chi connectivity index (χ4v) is 6.24. The summed E-state index contributed by atoms with van der Waals surface area (Å²) in [7, 11) is 3.73. The van der Waals surface area contributed by atoms with Gasteiger partial charge in [-0.1, -0.05) is 6.07 Å². The second-order valence-corrected chi connectivity index (χ2v) is 10.3. The lowest BCUT2D eigenvalue weighted by Gasteiger charge is -2.56. The van der Waals surface area contributed by atoms with Gasteiger partial charge in [0.05, 0.1) is 31.7 Å². The summed E-state index contributed by atoms with van der Waals surface area (Å²) in [5.41, 5.74) is 4.08. The molecule has 2 aromatic heterocycles. The minimum Gasteiger partial charge on any atom is -0.497 e. The van der Waals surface area contributed by atoms with Gasteiger partial charge in [0.1, 0.15) is 5.75 Å². The summed E-state index contributed by atoms with van der Waals surface area (Å²) < 4.78 is 7.67. The summed E-state index contributed by atoms with van der Waals surface area (Å²) in [5, 5.41) is 11.8. The number of rotatable bonds is 6. The van der Waals surface area contributed by atoms with Crippen LogP contribution in [0.5, 0.6) is 5.75 Å². The molecular formula is C27H32N4O3. The molecule has 3 aliphatic rings. The first kappa shape index (κ1) is 21.6. The Kier molecular flexibility index (Phi) is 5.15. The molecule has 0 radical (unpaired) electrons. The van der Waals surface area contributed by atoms with Crippen molar-refractivity contribution < 1.29 is 14.6 Å². The van der Waals surface area contributed by atoms with Crippen molar-refractivity contribution in [1.29, 1.82) is 0 Å². The quantitative estimate of drug-likeness (QED) is 0.613. The maximum absolute atomic E-state index is 13.6. The van der Waals surface area contributed by atoms with E-state index < -0.39 is 0 Å². The standard InChI is InChI=1S/C27H32N4O3/c1-29-22-12-20(34-2)8-9-21(22)25-26(29)23(14-32)31(24(33)11-19-5-3-4-10-28-19)17-27(25)15-30(16-27)13-18-6-7-18/h3-5,8-10,12,18,23,32H,6-7,11,13-17H2,1-2H3/t23-/m1/s1. The number of hydrogen-bond donors (Lipinski definition) is 1. The molecule has 1 atom stereocenters. The molecule has 178 valence electrons. The van der Waals surface area contributed by atoms with Crippen LogP contribution >= 0.6 is 0 Å². The van der Waals surface area contributed by atoms with Crippen molar-refractivity contribution in [2.75, 3.05) is 39.9 Å². The summed E-state index contributed by atoms with van der Waals surface area (Å²) >= 11 is 0. The van der Waals surface area contributed by atoms with Gasteiger partial charge in [-0.3, -0.25) is 9.78 Å². The summed E-state index contributed by atoms with van der Waals surface area (Å²) in [4.78, 5) is 22.4. The van der Waals surface area contributed by atoms with Crippen LogP contribution in [0, 0.1) is 5.92 Å². The van der Waals surface area contributed by atoms with Gasteiger partial charge in [0.15, 0.2) is 0 Å². The second kappa shape index (κ2) is 8.10. The Morgan fingerprint density at radius 2 is 2.03 bits per heavy atom. The molecule has 1 spiro atoms. The van der Waals surface area contributed by atoms with Gasteiger partial charge in [-0.15, -0.1) is 0 Å². The molecule has 2 aliphatic heterocycles. The largest absolute Gasteiger partial charge is 0.497 e. The molecular weight excluding hydrogens is 428 g/mol. The van der Waals surface area contributed by atoms with Crippen LogP contribution in [0.3, 0.4) is 0 Å². The lowest BCUT2D eigenvalue weighted by molar-refractivity contribution is -0.138. The van der Waals surface area contributed by atoms with E-state index in [0.717, 1.165) is 48.2 Å². The molecule has 6 rings (SSSR count). The maximum atomic E-state index is 13.6. The molecule has 1 aliphatic carbocycles. The highest BCUT2D eigenvalue weighted by molar-refractivity contribution is 5.90. The maximum Gasteiger partial charge on any atom is 0.229 e. The molecule has 1 saturated carbocycles. The zero-order valence-corrected chi connectivity index (χ0v) is 19.9. The number of carbonyl (C=O) groups is 1. The van der Waals surface area contributed by atoms with Gasteiger partial charge in [0.25, 0.3) is 0 Å². The number of methoxy groups -OCH3 is 1. The van der Waals surface area contributed by atoms with Crippen molar-refractivity contribution >= 4 is 16.8 Å². The van der Waals surface area contributed by atoms with Crippen molar-refractivity contribution in [3.8, 4) is 5.75 Å². The molecule has 2 fully saturated rings. The Morgan fingerprint density at radius 3 is 2.71 bits per heavy atom. The fourth-order valence-electron chi connectivity index (χ4n) is 6.24. The average Bonchev–Trinajstić information content (AvgIpc) is 3.61. The molecule has 0 bridgehead atoms. The topological polar surface area (TPSA) is 70.8 Å². The number of aromatic nitrogens is 2. The first-order chi connectivity index (χ1) is 16.5. The van der Waals surface area contributed by atoms with Crippen LogP contribution in [0.2, 0.25) is 0 Å². The minimum atomic E-state index is -0.377. The first-order valence-corrected chi connectivity index (χ1v) is 12.2. The smallest absolute Gasteiger partial charge is 0.229 e. The number of fused-ring (bicyclic) bond motifs is 4. The number of aryl methyl sites for hydroxylation is 1. The van der Waals surface area contributed by atoms with Crippen LogP contribution in [-0.2, 0) is 23.7 Å². The highest BCUT2D eigenvalue weighted by atomic mass is 16.5. The van der Waals surface area contributed by atoms with Gasteiger partial charge in [-0.05, 0) is 48.6 Å². The SMILES string of the molecule is COc1ccc2c3c(n(C)c2c1)[C@@H](CO)N(C(=O)Cc1ccccn1)CC31CN(CC2CC2)C1. The molecule has 7 nitrogen and oxygen atoms in total. The van der Waals surface area contributed by atoms with Crippen molar-refractivity contribution in [2.45, 2.75) is 30.7 Å². The number of nitrogens with zero attached hydrogens (tertiary/aromatic N) is 4. The third-order valence-corrected chi connectivity index (χ3v) is 7.97. The molecule has 4 heterocycles. The zero-order chi connectivity index (χ0) is 23.4. The highest BCUT2D eigenvalue weighted by Gasteiger charge is 2.54. The normalized spacial score (nSPS) is 21.5. The Bertz CT molecular complexity index is 1230. The van der Waals surface area contributed by atoms with Crippen LogP contribution < -0.4 is 4.74 Å². The van der Waals surface area contributed by atoms with Crippen molar-refractivity contribution in [3.05, 3.63) is 59.5 Å². The van der Waals surface area contributed by atoms with Crippen molar-refractivity contribution in [3.63, 3.8) is 0 Å². The summed E-state index contributed by atoms with van der Waals surface area (Å²) in [6.07, 6.45) is 4.64. The van der Waals surface area contributed by atoms with E-state index in [1.54, 1.807) is 13.3 Å².